The van der Waals surface area contributed by atoms with Crippen LogP contribution in [0, 0.1) is 0 Å². The molecule has 1 aliphatic heterocycles. The summed E-state index contributed by atoms with van der Waals surface area (Å²) in [7, 11) is 0. The van der Waals surface area contributed by atoms with Crippen LogP contribution in [-0.2, 0) is 9.53 Å². The highest BCUT2D eigenvalue weighted by atomic mass is 79.9. The van der Waals surface area contributed by atoms with Crippen molar-refractivity contribution in [3.05, 3.63) is 94.0 Å². The summed E-state index contributed by atoms with van der Waals surface area (Å²) in [5.41, 5.74) is 1.95. The summed E-state index contributed by atoms with van der Waals surface area (Å²) >= 11 is 3.35. The lowest BCUT2D eigenvalue weighted by Gasteiger charge is -2.26. The first-order chi connectivity index (χ1) is 13.1. The normalized spacial score (nSPS) is 12.5. The van der Waals surface area contributed by atoms with Crippen molar-refractivity contribution in [2.75, 3.05) is 6.61 Å². The quantitative estimate of drug-likeness (QED) is 0.432. The molecule has 27 heavy (non-hydrogen) atoms. The van der Waals surface area contributed by atoms with E-state index in [9.17, 15) is 9.59 Å². The van der Waals surface area contributed by atoms with Crippen LogP contribution >= 0.6 is 15.9 Å². The Bertz CT molecular complexity index is 983. The maximum Gasteiger partial charge on any atom is 0.318 e. The van der Waals surface area contributed by atoms with E-state index in [-0.39, 0.29) is 12.4 Å². The van der Waals surface area contributed by atoms with Gasteiger partial charge in [0, 0.05) is 21.2 Å². The molecule has 5 heteroatoms. The average molecular weight is 423 g/mol. The third-order valence-corrected chi connectivity index (χ3v) is 5.13. The van der Waals surface area contributed by atoms with Gasteiger partial charge in [-0.1, -0.05) is 70.5 Å². The molecule has 0 unspecified atom stereocenters. The summed E-state index contributed by atoms with van der Waals surface area (Å²) < 4.78 is 12.0. The zero-order valence-electron chi connectivity index (χ0n) is 14.2. The van der Waals surface area contributed by atoms with Crippen molar-refractivity contribution >= 4 is 27.7 Å². The SMILES string of the molecule is O=C(COC(=O)C1c2ccccc2Oc2ccccc21)c1ccccc1Br. The number of halogens is 1. The van der Waals surface area contributed by atoms with E-state index in [0.29, 0.717) is 21.5 Å². The Balaban J connectivity index is 1.59. The second-order valence-corrected chi connectivity index (χ2v) is 6.98. The molecule has 0 atom stereocenters. The van der Waals surface area contributed by atoms with E-state index in [1.807, 2.05) is 54.6 Å². The molecule has 0 radical (unpaired) electrons. The number of ketones is 1. The summed E-state index contributed by atoms with van der Waals surface area (Å²) in [6.45, 7) is -0.316. The van der Waals surface area contributed by atoms with Gasteiger partial charge in [-0.2, -0.15) is 0 Å². The number of hydrogen-bond acceptors (Lipinski definition) is 4. The van der Waals surface area contributed by atoms with Crippen LogP contribution in [0.25, 0.3) is 0 Å². The summed E-state index contributed by atoms with van der Waals surface area (Å²) in [5.74, 6) is -0.119. The fourth-order valence-corrected chi connectivity index (χ4v) is 3.65. The van der Waals surface area contributed by atoms with E-state index in [0.717, 1.165) is 11.1 Å². The Hall–Kier alpha value is -2.92. The molecule has 1 aliphatic rings. The van der Waals surface area contributed by atoms with Crippen LogP contribution in [0.15, 0.2) is 77.3 Å². The molecule has 0 amide bonds. The highest BCUT2D eigenvalue weighted by Gasteiger charge is 2.33. The van der Waals surface area contributed by atoms with Crippen LogP contribution in [0.3, 0.4) is 0 Å². The molecular weight excluding hydrogens is 408 g/mol. The van der Waals surface area contributed by atoms with Gasteiger partial charge in [-0.25, -0.2) is 0 Å². The van der Waals surface area contributed by atoms with E-state index in [2.05, 4.69) is 15.9 Å². The molecular formula is C22H15BrO4. The molecule has 0 bridgehead atoms. The number of esters is 1. The van der Waals surface area contributed by atoms with E-state index in [1.165, 1.54) is 0 Å². The minimum Gasteiger partial charge on any atom is -0.457 e. The first-order valence-corrected chi connectivity index (χ1v) is 9.24. The molecule has 134 valence electrons. The van der Waals surface area contributed by atoms with Crippen LogP contribution in [-0.4, -0.2) is 18.4 Å². The summed E-state index contributed by atoms with van der Waals surface area (Å²) in [6, 6.07) is 21.8. The lowest BCUT2D eigenvalue weighted by atomic mass is 9.88. The van der Waals surface area contributed by atoms with Gasteiger partial charge in [-0.05, 0) is 18.2 Å². The molecule has 3 aromatic carbocycles. The lowest BCUT2D eigenvalue weighted by molar-refractivity contribution is -0.143. The third kappa shape index (κ3) is 3.38. The topological polar surface area (TPSA) is 52.6 Å². The molecule has 0 saturated heterocycles. The molecule has 4 rings (SSSR count). The standard InChI is InChI=1S/C22H15BrO4/c23-17-10-4-1-7-14(17)18(24)13-26-22(25)21-15-8-2-5-11-19(15)27-20-12-6-3-9-16(20)21/h1-12,21H,13H2. The third-order valence-electron chi connectivity index (χ3n) is 4.44. The maximum absolute atomic E-state index is 12.9. The Kier molecular flexibility index (Phi) is 4.77. The fourth-order valence-electron chi connectivity index (χ4n) is 3.15. The highest BCUT2D eigenvalue weighted by Crippen LogP contribution is 2.44. The minimum atomic E-state index is -0.627. The van der Waals surface area contributed by atoms with Crippen molar-refractivity contribution in [1.82, 2.24) is 0 Å². The number of rotatable bonds is 4. The molecule has 4 nitrogen and oxygen atoms in total. The number of ether oxygens (including phenoxy) is 2. The van der Waals surface area contributed by atoms with Crippen LogP contribution in [0.4, 0.5) is 0 Å². The Morgan fingerprint density at radius 3 is 2.04 bits per heavy atom. The summed E-state index contributed by atoms with van der Waals surface area (Å²) in [6.07, 6.45) is 0. The fraction of sp³-hybridized carbons (Fsp3) is 0.0909. The number of hydrogen-bond donors (Lipinski definition) is 0. The van der Waals surface area contributed by atoms with Gasteiger partial charge in [0.2, 0.25) is 5.78 Å². The first-order valence-electron chi connectivity index (χ1n) is 8.45. The van der Waals surface area contributed by atoms with Crippen LogP contribution in [0.2, 0.25) is 0 Å². The number of benzene rings is 3. The largest absolute Gasteiger partial charge is 0.457 e. The molecule has 0 N–H and O–H groups in total. The Morgan fingerprint density at radius 1 is 0.852 bits per heavy atom. The number of carbonyl (C=O) groups is 2. The highest BCUT2D eigenvalue weighted by molar-refractivity contribution is 9.10. The Morgan fingerprint density at radius 2 is 1.41 bits per heavy atom. The predicted molar refractivity (Wildman–Crippen MR) is 104 cm³/mol. The van der Waals surface area contributed by atoms with Gasteiger partial charge < -0.3 is 9.47 Å². The van der Waals surface area contributed by atoms with E-state index < -0.39 is 11.9 Å². The van der Waals surface area contributed by atoms with Crippen LogP contribution < -0.4 is 4.74 Å². The van der Waals surface area contributed by atoms with Crippen molar-refractivity contribution in [2.24, 2.45) is 0 Å². The van der Waals surface area contributed by atoms with Gasteiger partial charge in [0.15, 0.2) is 6.61 Å². The zero-order chi connectivity index (χ0) is 18.8. The van der Waals surface area contributed by atoms with Gasteiger partial charge in [0.25, 0.3) is 0 Å². The van der Waals surface area contributed by atoms with Gasteiger partial charge in [0.1, 0.15) is 17.4 Å². The monoisotopic (exact) mass is 422 g/mol. The van der Waals surface area contributed by atoms with Crippen LogP contribution in [0.5, 0.6) is 11.5 Å². The van der Waals surface area contributed by atoms with Crippen LogP contribution in [0.1, 0.15) is 27.4 Å². The zero-order valence-corrected chi connectivity index (χ0v) is 15.8. The van der Waals surface area contributed by atoms with Gasteiger partial charge >= 0.3 is 5.97 Å². The van der Waals surface area contributed by atoms with Crippen molar-refractivity contribution in [3.63, 3.8) is 0 Å². The second kappa shape index (κ2) is 7.37. The average Bonchev–Trinajstić information content (AvgIpc) is 2.70. The minimum absolute atomic E-state index is 0.260. The second-order valence-electron chi connectivity index (χ2n) is 6.12. The van der Waals surface area contributed by atoms with E-state index in [1.54, 1.807) is 18.2 Å². The number of fused-ring (bicyclic) bond motifs is 2. The smallest absolute Gasteiger partial charge is 0.318 e. The molecule has 3 aromatic rings. The summed E-state index contributed by atoms with van der Waals surface area (Å²) in [4.78, 5) is 25.3. The summed E-state index contributed by atoms with van der Waals surface area (Å²) in [5, 5.41) is 0. The van der Waals surface area contributed by atoms with Gasteiger partial charge in [0.05, 0.1) is 0 Å². The van der Waals surface area contributed by atoms with Gasteiger partial charge in [-0.15, -0.1) is 0 Å². The van der Waals surface area contributed by atoms with Crippen molar-refractivity contribution in [1.29, 1.82) is 0 Å². The number of Topliss-reactive ketones (excluding diaryl/α,β-unsaturated/α-hetero) is 1. The predicted octanol–water partition coefficient (Wildman–Crippen LogP) is 5.11. The van der Waals surface area contributed by atoms with Gasteiger partial charge in [-0.3, -0.25) is 9.59 Å². The first kappa shape index (κ1) is 17.5. The number of carbonyl (C=O) groups excluding carboxylic acids is 2. The molecule has 0 fully saturated rings. The van der Waals surface area contributed by atoms with Crippen molar-refractivity contribution in [3.8, 4) is 11.5 Å². The van der Waals surface area contributed by atoms with Crippen molar-refractivity contribution in [2.45, 2.75) is 5.92 Å². The lowest BCUT2D eigenvalue weighted by Crippen LogP contribution is -2.23. The molecule has 0 aromatic heterocycles. The number of para-hydroxylation sites is 2. The maximum atomic E-state index is 12.9. The van der Waals surface area contributed by atoms with Crippen molar-refractivity contribution < 1.29 is 19.1 Å². The molecule has 0 spiro atoms. The molecule has 1 heterocycles. The van der Waals surface area contributed by atoms with E-state index >= 15 is 0 Å². The molecule has 0 aliphatic carbocycles. The van der Waals surface area contributed by atoms with E-state index in [4.69, 9.17) is 9.47 Å². The Labute approximate surface area is 164 Å². The molecule has 0 saturated carbocycles.